The lowest BCUT2D eigenvalue weighted by molar-refractivity contribution is 0.208. The van der Waals surface area contributed by atoms with Crippen LogP contribution in [0, 0.1) is 5.82 Å². The van der Waals surface area contributed by atoms with Gasteiger partial charge >= 0.3 is 0 Å². The third-order valence-corrected chi connectivity index (χ3v) is 4.64. The number of halogens is 1. The summed E-state index contributed by atoms with van der Waals surface area (Å²) in [6.07, 6.45) is 4.19. The number of piperidine rings is 1. The first-order chi connectivity index (χ1) is 11.8. The number of benzene rings is 2. The summed E-state index contributed by atoms with van der Waals surface area (Å²) in [5.41, 5.74) is 3.36. The molecule has 124 valence electrons. The van der Waals surface area contributed by atoms with Crippen molar-refractivity contribution >= 4 is 16.6 Å². The van der Waals surface area contributed by atoms with Gasteiger partial charge in [0.15, 0.2) is 0 Å². The molecule has 24 heavy (non-hydrogen) atoms. The Morgan fingerprint density at radius 2 is 2.08 bits per heavy atom. The van der Waals surface area contributed by atoms with E-state index in [0.717, 1.165) is 41.8 Å². The fourth-order valence-electron chi connectivity index (χ4n) is 3.43. The number of aromatic amines is 1. The predicted octanol–water partition coefficient (Wildman–Crippen LogP) is 3.78. The van der Waals surface area contributed by atoms with Gasteiger partial charge in [0, 0.05) is 30.2 Å². The summed E-state index contributed by atoms with van der Waals surface area (Å²) in [5, 5.41) is 11.8. The Bertz CT molecular complexity index is 812. The van der Waals surface area contributed by atoms with Crippen LogP contribution in [-0.2, 0) is 6.54 Å². The number of nitrogens with zero attached hydrogens (tertiary/aromatic N) is 2. The first kappa shape index (κ1) is 15.1. The molecule has 4 nitrogen and oxygen atoms in total. The fourth-order valence-corrected chi connectivity index (χ4v) is 3.43. The lowest BCUT2D eigenvalue weighted by Gasteiger charge is -2.33. The summed E-state index contributed by atoms with van der Waals surface area (Å²) >= 11 is 0. The Labute approximate surface area is 140 Å². The molecule has 1 saturated heterocycles. The molecule has 2 aromatic carbocycles. The quantitative estimate of drug-likeness (QED) is 0.767. The maximum absolute atomic E-state index is 13.0. The third-order valence-electron chi connectivity index (χ3n) is 4.64. The highest BCUT2D eigenvalue weighted by Crippen LogP contribution is 2.21. The van der Waals surface area contributed by atoms with E-state index in [1.165, 1.54) is 25.0 Å². The van der Waals surface area contributed by atoms with Crippen molar-refractivity contribution in [2.45, 2.75) is 25.4 Å². The molecule has 0 radical (unpaired) electrons. The van der Waals surface area contributed by atoms with Crippen molar-refractivity contribution in [3.8, 4) is 0 Å². The van der Waals surface area contributed by atoms with Gasteiger partial charge in [0.05, 0.1) is 11.7 Å². The first-order valence-corrected chi connectivity index (χ1v) is 8.43. The molecule has 1 aliphatic rings. The van der Waals surface area contributed by atoms with E-state index in [1.54, 1.807) is 0 Å². The minimum atomic E-state index is -0.174. The topological polar surface area (TPSA) is 44.0 Å². The number of aromatic nitrogens is 2. The maximum Gasteiger partial charge on any atom is 0.123 e. The second-order valence-electron chi connectivity index (χ2n) is 6.52. The normalized spacial score (nSPS) is 18.8. The van der Waals surface area contributed by atoms with Crippen molar-refractivity contribution in [1.29, 1.82) is 0 Å². The monoisotopic (exact) mass is 324 g/mol. The number of fused-ring (bicyclic) bond motifs is 1. The van der Waals surface area contributed by atoms with Crippen molar-refractivity contribution < 1.29 is 4.39 Å². The average Bonchev–Trinajstić information content (AvgIpc) is 3.05. The molecule has 2 heterocycles. The Kier molecular flexibility index (Phi) is 4.17. The predicted molar refractivity (Wildman–Crippen MR) is 94.4 cm³/mol. The van der Waals surface area contributed by atoms with Crippen molar-refractivity contribution in [3.63, 3.8) is 0 Å². The number of hydrogen-bond acceptors (Lipinski definition) is 3. The van der Waals surface area contributed by atoms with Crippen molar-refractivity contribution in [2.24, 2.45) is 0 Å². The highest BCUT2D eigenvalue weighted by Gasteiger charge is 2.20. The minimum Gasteiger partial charge on any atom is -0.381 e. The van der Waals surface area contributed by atoms with Crippen LogP contribution in [0.1, 0.15) is 18.4 Å². The Hall–Kier alpha value is -2.40. The molecule has 1 fully saturated rings. The molecular weight excluding hydrogens is 303 g/mol. The van der Waals surface area contributed by atoms with E-state index in [4.69, 9.17) is 0 Å². The van der Waals surface area contributed by atoms with Crippen LogP contribution in [0.5, 0.6) is 0 Å². The molecular formula is C19H21FN4. The minimum absolute atomic E-state index is 0.174. The van der Waals surface area contributed by atoms with Gasteiger partial charge < -0.3 is 5.32 Å². The summed E-state index contributed by atoms with van der Waals surface area (Å²) in [6, 6.07) is 13.5. The summed E-state index contributed by atoms with van der Waals surface area (Å²) in [7, 11) is 0. The van der Waals surface area contributed by atoms with Gasteiger partial charge in [-0.25, -0.2) is 4.39 Å². The zero-order valence-electron chi connectivity index (χ0n) is 13.5. The van der Waals surface area contributed by atoms with Crippen LogP contribution in [0.2, 0.25) is 0 Å². The van der Waals surface area contributed by atoms with E-state index in [-0.39, 0.29) is 5.82 Å². The molecule has 5 heteroatoms. The van der Waals surface area contributed by atoms with Crippen LogP contribution in [0.4, 0.5) is 10.1 Å². The van der Waals surface area contributed by atoms with E-state index in [0.29, 0.717) is 6.04 Å². The lowest BCUT2D eigenvalue weighted by atomic mass is 10.0. The number of rotatable bonds is 4. The molecule has 0 aliphatic carbocycles. The second kappa shape index (κ2) is 6.61. The number of likely N-dealkylation sites (tertiary alicyclic amines) is 1. The number of anilines is 1. The molecule has 3 aromatic rings. The third kappa shape index (κ3) is 3.41. The van der Waals surface area contributed by atoms with Gasteiger partial charge in [-0.15, -0.1) is 0 Å². The van der Waals surface area contributed by atoms with Crippen molar-refractivity contribution in [1.82, 2.24) is 15.1 Å². The first-order valence-electron chi connectivity index (χ1n) is 8.43. The van der Waals surface area contributed by atoms with Gasteiger partial charge in [0.2, 0.25) is 0 Å². The number of nitrogens with one attached hydrogen (secondary N) is 2. The van der Waals surface area contributed by atoms with Crippen LogP contribution < -0.4 is 5.32 Å². The summed E-state index contributed by atoms with van der Waals surface area (Å²) in [5.74, 6) is -0.174. The van der Waals surface area contributed by atoms with Crippen molar-refractivity contribution in [2.75, 3.05) is 18.4 Å². The molecule has 1 aromatic heterocycles. The summed E-state index contributed by atoms with van der Waals surface area (Å²) < 4.78 is 13.0. The lowest BCUT2D eigenvalue weighted by Crippen LogP contribution is -2.41. The molecule has 0 bridgehead atoms. The molecule has 1 aliphatic heterocycles. The highest BCUT2D eigenvalue weighted by molar-refractivity contribution is 5.81. The van der Waals surface area contributed by atoms with Crippen LogP contribution >= 0.6 is 0 Å². The van der Waals surface area contributed by atoms with Crippen LogP contribution in [0.15, 0.2) is 48.7 Å². The Morgan fingerprint density at radius 3 is 2.96 bits per heavy atom. The standard InChI is InChI=1S/C19H21FN4/c20-16-5-3-14(4-6-16)12-24-9-1-2-18(13-24)22-17-7-8-19-15(10-17)11-21-23-19/h3-8,10-11,18,22H,1-2,9,12-13H2,(H,21,23)/t18-/m1/s1. The summed E-state index contributed by atoms with van der Waals surface area (Å²) in [4.78, 5) is 2.44. The second-order valence-corrected chi connectivity index (χ2v) is 6.52. The largest absolute Gasteiger partial charge is 0.381 e. The zero-order chi connectivity index (χ0) is 16.4. The SMILES string of the molecule is Fc1ccc(CN2CCC[C@@H](Nc3ccc4[nH]ncc4c3)C2)cc1. The van der Waals surface area contributed by atoms with E-state index in [2.05, 4.69) is 38.6 Å². The van der Waals surface area contributed by atoms with Gasteiger partial charge in [0.25, 0.3) is 0 Å². The Balaban J connectivity index is 1.39. The van der Waals surface area contributed by atoms with Gasteiger partial charge in [-0.2, -0.15) is 5.10 Å². The number of H-pyrrole nitrogens is 1. The van der Waals surface area contributed by atoms with Gasteiger partial charge in [0.1, 0.15) is 5.82 Å². The Morgan fingerprint density at radius 1 is 1.21 bits per heavy atom. The molecule has 0 saturated carbocycles. The molecule has 0 spiro atoms. The molecule has 0 amide bonds. The number of hydrogen-bond donors (Lipinski definition) is 2. The maximum atomic E-state index is 13.0. The van der Waals surface area contributed by atoms with E-state index in [9.17, 15) is 4.39 Å². The van der Waals surface area contributed by atoms with E-state index < -0.39 is 0 Å². The van der Waals surface area contributed by atoms with E-state index in [1.807, 2.05) is 18.3 Å². The van der Waals surface area contributed by atoms with Gasteiger partial charge in [-0.3, -0.25) is 10.00 Å². The van der Waals surface area contributed by atoms with E-state index >= 15 is 0 Å². The highest BCUT2D eigenvalue weighted by atomic mass is 19.1. The molecule has 4 rings (SSSR count). The van der Waals surface area contributed by atoms with Crippen LogP contribution in [0.25, 0.3) is 10.9 Å². The molecule has 0 unspecified atom stereocenters. The van der Waals surface area contributed by atoms with Crippen LogP contribution in [-0.4, -0.2) is 34.2 Å². The smallest absolute Gasteiger partial charge is 0.123 e. The molecule has 1 atom stereocenters. The average molecular weight is 324 g/mol. The molecule has 2 N–H and O–H groups in total. The van der Waals surface area contributed by atoms with Crippen molar-refractivity contribution in [3.05, 3.63) is 60.0 Å². The van der Waals surface area contributed by atoms with Gasteiger partial charge in [-0.1, -0.05) is 12.1 Å². The van der Waals surface area contributed by atoms with Crippen LogP contribution in [0.3, 0.4) is 0 Å². The summed E-state index contributed by atoms with van der Waals surface area (Å²) in [6.45, 7) is 2.97. The zero-order valence-corrected chi connectivity index (χ0v) is 13.5. The fraction of sp³-hybridized carbons (Fsp3) is 0.316. The van der Waals surface area contributed by atoms with Gasteiger partial charge in [-0.05, 0) is 55.3 Å².